The molecule has 18 heavy (non-hydrogen) atoms. The van der Waals surface area contributed by atoms with E-state index in [1.807, 2.05) is 0 Å². The van der Waals surface area contributed by atoms with Gasteiger partial charge in [-0.3, -0.25) is 14.4 Å². The lowest BCUT2D eigenvalue weighted by molar-refractivity contribution is -0.137. The van der Waals surface area contributed by atoms with Gasteiger partial charge in [-0.1, -0.05) is 13.0 Å². The molecular formula is C12H16N2O4. The summed E-state index contributed by atoms with van der Waals surface area (Å²) in [5.41, 5.74) is -0.252. The Balaban J connectivity index is 2.72. The molecule has 0 saturated heterocycles. The van der Waals surface area contributed by atoms with Crippen molar-refractivity contribution in [1.82, 2.24) is 9.88 Å². The van der Waals surface area contributed by atoms with Gasteiger partial charge in [-0.05, 0) is 12.5 Å². The van der Waals surface area contributed by atoms with Gasteiger partial charge >= 0.3 is 5.97 Å². The number of hydrogen-bond acceptors (Lipinski definition) is 3. The van der Waals surface area contributed by atoms with Gasteiger partial charge in [-0.25, -0.2) is 0 Å². The van der Waals surface area contributed by atoms with Crippen molar-refractivity contribution in [3.63, 3.8) is 0 Å². The summed E-state index contributed by atoms with van der Waals surface area (Å²) in [7, 11) is 0. The summed E-state index contributed by atoms with van der Waals surface area (Å²) in [6.07, 6.45) is 1.88. The molecule has 2 N–H and O–H groups in total. The molecule has 1 atom stereocenters. The molecule has 1 amide bonds. The minimum absolute atomic E-state index is 0.0618. The zero-order valence-corrected chi connectivity index (χ0v) is 10.1. The fourth-order valence-corrected chi connectivity index (χ4v) is 1.62. The maximum atomic E-state index is 11.8. The minimum atomic E-state index is -0.972. The summed E-state index contributed by atoms with van der Waals surface area (Å²) in [6, 6.07) is 4.06. The number of carbonyl (C=O) groups excluding carboxylic acids is 1. The lowest BCUT2D eigenvalue weighted by Crippen LogP contribution is -2.37. The molecule has 0 saturated carbocycles. The van der Waals surface area contributed by atoms with Crippen LogP contribution in [0.1, 0.15) is 25.8 Å². The lowest BCUT2D eigenvalue weighted by Gasteiger charge is -2.17. The average molecular weight is 252 g/mol. The highest BCUT2D eigenvalue weighted by Gasteiger charge is 2.18. The maximum Gasteiger partial charge on any atom is 0.305 e. The van der Waals surface area contributed by atoms with Crippen molar-refractivity contribution in [2.45, 2.75) is 25.8 Å². The molecule has 0 aliphatic rings. The van der Waals surface area contributed by atoms with E-state index in [4.69, 9.17) is 5.11 Å². The molecule has 1 heterocycles. The number of carbonyl (C=O) groups is 2. The van der Waals surface area contributed by atoms with Crippen molar-refractivity contribution in [1.29, 1.82) is 0 Å². The summed E-state index contributed by atoms with van der Waals surface area (Å²) in [5.74, 6) is -1.31. The zero-order chi connectivity index (χ0) is 13.5. The van der Waals surface area contributed by atoms with Crippen molar-refractivity contribution < 1.29 is 14.7 Å². The van der Waals surface area contributed by atoms with Gasteiger partial charge in [0.2, 0.25) is 5.91 Å². The maximum absolute atomic E-state index is 11.8. The van der Waals surface area contributed by atoms with Crippen molar-refractivity contribution >= 4 is 11.9 Å². The number of rotatable bonds is 6. The second-order valence-corrected chi connectivity index (χ2v) is 3.80. The largest absolute Gasteiger partial charge is 0.481 e. The molecule has 1 aromatic rings. The van der Waals surface area contributed by atoms with Crippen LogP contribution in [-0.2, 0) is 9.59 Å². The number of nitrogens with zero attached hydrogens (tertiary/aromatic N) is 1. The van der Waals surface area contributed by atoms with Crippen molar-refractivity contribution in [2.24, 2.45) is 0 Å². The van der Waals surface area contributed by atoms with E-state index in [0.29, 0.717) is 6.42 Å². The summed E-state index contributed by atoms with van der Waals surface area (Å²) >= 11 is 0. The van der Waals surface area contributed by atoms with E-state index in [-0.39, 0.29) is 24.4 Å². The van der Waals surface area contributed by atoms with E-state index >= 15 is 0 Å². The Labute approximate surface area is 104 Å². The molecule has 98 valence electrons. The third kappa shape index (κ3) is 3.73. The van der Waals surface area contributed by atoms with Gasteiger partial charge in [-0.15, -0.1) is 0 Å². The zero-order valence-electron chi connectivity index (χ0n) is 10.1. The molecule has 0 bridgehead atoms. The van der Waals surface area contributed by atoms with Crippen LogP contribution in [0, 0.1) is 0 Å². The van der Waals surface area contributed by atoms with Gasteiger partial charge in [0.1, 0.15) is 6.04 Å². The van der Waals surface area contributed by atoms with Crippen molar-refractivity contribution in [3.05, 3.63) is 34.7 Å². The number of hydrogen-bond donors (Lipinski definition) is 2. The number of aliphatic carboxylic acids is 1. The second kappa shape index (κ2) is 6.58. The van der Waals surface area contributed by atoms with Crippen LogP contribution in [-0.4, -0.2) is 28.1 Å². The van der Waals surface area contributed by atoms with E-state index in [1.54, 1.807) is 25.3 Å². The Hall–Kier alpha value is -2.11. The van der Waals surface area contributed by atoms with Crippen molar-refractivity contribution in [3.8, 4) is 0 Å². The Morgan fingerprint density at radius 2 is 2.17 bits per heavy atom. The van der Waals surface area contributed by atoms with Crippen LogP contribution in [0.15, 0.2) is 29.2 Å². The van der Waals surface area contributed by atoms with Crippen LogP contribution in [0.3, 0.4) is 0 Å². The van der Waals surface area contributed by atoms with Gasteiger partial charge in [0.05, 0.1) is 6.42 Å². The summed E-state index contributed by atoms with van der Waals surface area (Å²) in [4.78, 5) is 33.8. The molecule has 6 nitrogen and oxygen atoms in total. The van der Waals surface area contributed by atoms with Gasteiger partial charge in [0.25, 0.3) is 5.56 Å². The molecule has 1 aromatic heterocycles. The molecular weight excluding hydrogens is 236 g/mol. The van der Waals surface area contributed by atoms with E-state index in [9.17, 15) is 14.4 Å². The number of pyridine rings is 1. The van der Waals surface area contributed by atoms with Gasteiger partial charge in [0, 0.05) is 18.8 Å². The molecule has 0 fully saturated rings. The van der Waals surface area contributed by atoms with Crippen LogP contribution in [0.25, 0.3) is 0 Å². The molecule has 6 heteroatoms. The smallest absolute Gasteiger partial charge is 0.305 e. The van der Waals surface area contributed by atoms with Crippen LogP contribution >= 0.6 is 0 Å². The SMILES string of the molecule is CCC(C(=O)NCCC(=O)O)n1ccccc1=O. The highest BCUT2D eigenvalue weighted by Crippen LogP contribution is 2.08. The fourth-order valence-electron chi connectivity index (χ4n) is 1.62. The Bertz CT molecular complexity index is 481. The van der Waals surface area contributed by atoms with Gasteiger partial charge in [-0.2, -0.15) is 0 Å². The second-order valence-electron chi connectivity index (χ2n) is 3.80. The molecule has 0 aliphatic carbocycles. The third-order valence-corrected chi connectivity index (χ3v) is 2.51. The van der Waals surface area contributed by atoms with E-state index in [1.165, 1.54) is 10.6 Å². The van der Waals surface area contributed by atoms with Crippen LogP contribution < -0.4 is 10.9 Å². The van der Waals surface area contributed by atoms with Gasteiger partial charge in [0.15, 0.2) is 0 Å². The van der Waals surface area contributed by atoms with Crippen molar-refractivity contribution in [2.75, 3.05) is 6.54 Å². The highest BCUT2D eigenvalue weighted by atomic mass is 16.4. The molecule has 0 aromatic carbocycles. The van der Waals surface area contributed by atoms with E-state index in [2.05, 4.69) is 5.32 Å². The number of nitrogens with one attached hydrogen (secondary N) is 1. The van der Waals surface area contributed by atoms with Crippen LogP contribution in [0.4, 0.5) is 0 Å². The monoisotopic (exact) mass is 252 g/mol. The molecule has 1 rings (SSSR count). The van der Waals surface area contributed by atoms with E-state index in [0.717, 1.165) is 0 Å². The Morgan fingerprint density at radius 3 is 2.72 bits per heavy atom. The molecule has 0 aliphatic heterocycles. The molecule has 1 unspecified atom stereocenters. The number of amides is 1. The minimum Gasteiger partial charge on any atom is -0.481 e. The summed E-state index contributed by atoms with van der Waals surface area (Å²) < 4.78 is 1.34. The topological polar surface area (TPSA) is 88.4 Å². The van der Waals surface area contributed by atoms with Gasteiger partial charge < -0.3 is 15.0 Å². The number of carboxylic acids is 1. The van der Waals surface area contributed by atoms with Crippen LogP contribution in [0.5, 0.6) is 0 Å². The number of carboxylic acid groups (broad SMARTS) is 1. The first-order chi connectivity index (χ1) is 8.56. The normalized spacial score (nSPS) is 11.8. The highest BCUT2D eigenvalue weighted by molar-refractivity contribution is 5.80. The first-order valence-corrected chi connectivity index (χ1v) is 5.73. The first-order valence-electron chi connectivity index (χ1n) is 5.73. The Kier molecular flexibility index (Phi) is 5.10. The number of aromatic nitrogens is 1. The van der Waals surface area contributed by atoms with Crippen LogP contribution in [0.2, 0.25) is 0 Å². The summed E-state index contributed by atoms with van der Waals surface area (Å²) in [5, 5.41) is 11.0. The molecule has 0 radical (unpaired) electrons. The predicted octanol–water partition coefficient (Wildman–Crippen LogP) is 0.390. The Morgan fingerprint density at radius 1 is 1.44 bits per heavy atom. The lowest BCUT2D eigenvalue weighted by atomic mass is 10.2. The average Bonchev–Trinajstić information content (AvgIpc) is 2.32. The first kappa shape index (κ1) is 14.0. The quantitative estimate of drug-likeness (QED) is 0.766. The predicted molar refractivity (Wildman–Crippen MR) is 65.3 cm³/mol. The standard InChI is InChI=1S/C12H16N2O4/c1-2-9(12(18)13-7-6-11(16)17)14-8-4-3-5-10(14)15/h3-5,8-9H,2,6-7H2,1H3,(H,13,18)(H,16,17). The summed E-state index contributed by atoms with van der Waals surface area (Å²) in [6.45, 7) is 1.85. The third-order valence-electron chi connectivity index (χ3n) is 2.51. The molecule has 0 spiro atoms. The van der Waals surface area contributed by atoms with E-state index < -0.39 is 12.0 Å². The fraction of sp³-hybridized carbons (Fsp3) is 0.417.